The van der Waals surface area contributed by atoms with Gasteiger partial charge in [0.1, 0.15) is 11.5 Å². The van der Waals surface area contributed by atoms with E-state index in [9.17, 15) is 4.79 Å². The van der Waals surface area contributed by atoms with Crippen LogP contribution in [0.5, 0.6) is 0 Å². The molecule has 1 amide bonds. The quantitative estimate of drug-likeness (QED) is 0.698. The van der Waals surface area contributed by atoms with E-state index in [4.69, 9.17) is 0 Å². The zero-order chi connectivity index (χ0) is 18.6. The lowest BCUT2D eigenvalue weighted by atomic mass is 9.96. The molecule has 4 heterocycles. The topological polar surface area (TPSA) is 68.8 Å². The van der Waals surface area contributed by atoms with Crippen LogP contribution in [-0.4, -0.2) is 48.2 Å². The molecule has 1 aliphatic heterocycles. The molecule has 7 heteroatoms. The first-order valence-corrected chi connectivity index (χ1v) is 9.47. The summed E-state index contributed by atoms with van der Waals surface area (Å²) in [5.74, 6) is 1.29. The van der Waals surface area contributed by atoms with Gasteiger partial charge in [-0.15, -0.1) is 0 Å². The van der Waals surface area contributed by atoms with Crippen LogP contribution in [0, 0.1) is 0 Å². The predicted octanol–water partition coefficient (Wildman–Crippen LogP) is 2.56. The molecule has 1 fully saturated rings. The van der Waals surface area contributed by atoms with E-state index in [1.807, 2.05) is 42.7 Å². The van der Waals surface area contributed by atoms with Crippen LogP contribution < -0.4 is 0 Å². The molecule has 140 valence electrons. The summed E-state index contributed by atoms with van der Waals surface area (Å²) < 4.78 is 3.96. The Kier molecular flexibility index (Phi) is 5.00. The number of carbonyl (C=O) groups excluding carboxylic acids is 1. The van der Waals surface area contributed by atoms with E-state index in [0.717, 1.165) is 43.9 Å². The number of carbonyl (C=O) groups is 1. The Morgan fingerprint density at radius 2 is 2.19 bits per heavy atom. The molecule has 27 heavy (non-hydrogen) atoms. The molecule has 4 rings (SSSR count). The van der Waals surface area contributed by atoms with E-state index in [1.165, 1.54) is 0 Å². The van der Waals surface area contributed by atoms with Crippen LogP contribution in [0.25, 0.3) is 0 Å². The molecule has 1 atom stereocenters. The predicted molar refractivity (Wildman–Crippen MR) is 101 cm³/mol. The third-order valence-electron chi connectivity index (χ3n) is 5.08. The summed E-state index contributed by atoms with van der Waals surface area (Å²) >= 11 is 0. The highest BCUT2D eigenvalue weighted by atomic mass is 16.2. The first-order valence-electron chi connectivity index (χ1n) is 9.47. The van der Waals surface area contributed by atoms with Gasteiger partial charge in [0.15, 0.2) is 0 Å². The van der Waals surface area contributed by atoms with Gasteiger partial charge in [0.25, 0.3) is 5.91 Å². The largest absolute Gasteiger partial charge is 0.337 e. The van der Waals surface area contributed by atoms with E-state index < -0.39 is 0 Å². The van der Waals surface area contributed by atoms with Gasteiger partial charge in [-0.1, -0.05) is 6.07 Å². The molecule has 1 aliphatic rings. The van der Waals surface area contributed by atoms with Crippen LogP contribution in [0.4, 0.5) is 0 Å². The fraction of sp³-hybridized carbons (Fsp3) is 0.400. The van der Waals surface area contributed by atoms with Crippen LogP contribution >= 0.6 is 0 Å². The second kappa shape index (κ2) is 7.73. The molecule has 0 aliphatic carbocycles. The first kappa shape index (κ1) is 17.5. The van der Waals surface area contributed by atoms with Crippen LogP contribution in [0.3, 0.4) is 0 Å². The van der Waals surface area contributed by atoms with Crippen LogP contribution in [0.1, 0.15) is 47.6 Å². The molecule has 3 aromatic heterocycles. The van der Waals surface area contributed by atoms with Gasteiger partial charge in [-0.05, 0) is 37.5 Å². The SMILES string of the molecule is CCn1ccc(C(=O)N2CCC[C@@H](c3nccn3Cc3cccnc3)C2)n1. The molecular formula is C20H24N6O. The average Bonchev–Trinajstić information content (AvgIpc) is 3.38. The number of hydrogen-bond acceptors (Lipinski definition) is 4. The Morgan fingerprint density at radius 3 is 2.96 bits per heavy atom. The van der Waals surface area contributed by atoms with E-state index in [2.05, 4.69) is 25.7 Å². The number of piperidine rings is 1. The summed E-state index contributed by atoms with van der Waals surface area (Å²) in [5.41, 5.74) is 1.67. The van der Waals surface area contributed by atoms with E-state index in [-0.39, 0.29) is 11.8 Å². The minimum Gasteiger partial charge on any atom is -0.337 e. The first-order chi connectivity index (χ1) is 13.2. The van der Waals surface area contributed by atoms with E-state index in [1.54, 1.807) is 16.9 Å². The molecule has 3 aromatic rings. The molecule has 1 saturated heterocycles. The standard InChI is InChI=1S/C20H24N6O/c1-2-26-11-7-18(23-26)20(27)25-10-4-6-17(15-25)19-22-9-12-24(19)14-16-5-3-8-21-13-16/h3,5,7-9,11-13,17H,2,4,6,10,14-15H2,1H3/t17-/m1/s1. The summed E-state index contributed by atoms with van der Waals surface area (Å²) in [6.07, 6.45) is 11.4. The second-order valence-electron chi connectivity index (χ2n) is 6.92. The molecule has 7 nitrogen and oxygen atoms in total. The van der Waals surface area contributed by atoms with Crippen molar-refractivity contribution in [1.29, 1.82) is 0 Å². The molecule has 0 bridgehead atoms. The van der Waals surface area contributed by atoms with E-state index >= 15 is 0 Å². The van der Waals surface area contributed by atoms with Gasteiger partial charge in [-0.25, -0.2) is 4.98 Å². The molecule has 0 unspecified atom stereocenters. The number of aromatic nitrogens is 5. The lowest BCUT2D eigenvalue weighted by molar-refractivity contribution is 0.0696. The number of hydrogen-bond donors (Lipinski definition) is 0. The normalized spacial score (nSPS) is 17.2. The van der Waals surface area contributed by atoms with Gasteiger partial charge in [-0.2, -0.15) is 5.10 Å². The van der Waals surface area contributed by atoms with Crippen LogP contribution in [0.2, 0.25) is 0 Å². The smallest absolute Gasteiger partial charge is 0.274 e. The highest BCUT2D eigenvalue weighted by Gasteiger charge is 2.28. The number of rotatable bonds is 5. The highest BCUT2D eigenvalue weighted by Crippen LogP contribution is 2.27. The summed E-state index contributed by atoms with van der Waals surface area (Å²) in [5, 5.41) is 4.36. The maximum atomic E-state index is 12.8. The Hall–Kier alpha value is -2.96. The Labute approximate surface area is 158 Å². The molecular weight excluding hydrogens is 340 g/mol. The van der Waals surface area contributed by atoms with Gasteiger partial charge >= 0.3 is 0 Å². The maximum absolute atomic E-state index is 12.8. The third kappa shape index (κ3) is 3.77. The number of nitrogens with zero attached hydrogens (tertiary/aromatic N) is 6. The monoisotopic (exact) mass is 364 g/mol. The summed E-state index contributed by atoms with van der Waals surface area (Å²) in [4.78, 5) is 23.5. The Morgan fingerprint density at radius 1 is 1.26 bits per heavy atom. The fourth-order valence-corrected chi connectivity index (χ4v) is 3.69. The Balaban J connectivity index is 1.49. The molecule has 0 saturated carbocycles. The van der Waals surface area contributed by atoms with Crippen LogP contribution in [0.15, 0.2) is 49.2 Å². The van der Waals surface area contributed by atoms with Gasteiger partial charge < -0.3 is 9.47 Å². The van der Waals surface area contributed by atoms with Crippen molar-refractivity contribution in [2.45, 2.75) is 38.8 Å². The molecule has 0 spiro atoms. The second-order valence-corrected chi connectivity index (χ2v) is 6.92. The number of likely N-dealkylation sites (tertiary alicyclic amines) is 1. The maximum Gasteiger partial charge on any atom is 0.274 e. The summed E-state index contributed by atoms with van der Waals surface area (Å²) in [6, 6.07) is 5.82. The van der Waals surface area contributed by atoms with Crippen molar-refractivity contribution in [2.24, 2.45) is 0 Å². The number of aryl methyl sites for hydroxylation is 1. The Bertz CT molecular complexity index is 900. The van der Waals surface area contributed by atoms with Crippen molar-refractivity contribution >= 4 is 5.91 Å². The lowest BCUT2D eigenvalue weighted by Crippen LogP contribution is -2.40. The lowest BCUT2D eigenvalue weighted by Gasteiger charge is -2.32. The van der Waals surface area contributed by atoms with Crippen molar-refractivity contribution in [3.05, 3.63) is 66.3 Å². The van der Waals surface area contributed by atoms with Crippen molar-refractivity contribution in [2.75, 3.05) is 13.1 Å². The van der Waals surface area contributed by atoms with Crippen molar-refractivity contribution in [1.82, 2.24) is 29.2 Å². The number of pyridine rings is 1. The van der Waals surface area contributed by atoms with Gasteiger partial charge in [0.05, 0.1) is 6.54 Å². The zero-order valence-corrected chi connectivity index (χ0v) is 15.5. The molecule has 0 N–H and O–H groups in total. The summed E-state index contributed by atoms with van der Waals surface area (Å²) in [6.45, 7) is 4.98. The van der Waals surface area contributed by atoms with Gasteiger partial charge in [0.2, 0.25) is 0 Å². The third-order valence-corrected chi connectivity index (χ3v) is 5.08. The minimum atomic E-state index is 0.0114. The molecule has 0 radical (unpaired) electrons. The highest BCUT2D eigenvalue weighted by molar-refractivity contribution is 5.92. The van der Waals surface area contributed by atoms with E-state index in [0.29, 0.717) is 12.2 Å². The van der Waals surface area contributed by atoms with Gasteiger partial charge in [0, 0.05) is 56.5 Å². The fourth-order valence-electron chi connectivity index (χ4n) is 3.69. The number of imidazole rings is 1. The van der Waals surface area contributed by atoms with Crippen molar-refractivity contribution in [3.8, 4) is 0 Å². The number of amides is 1. The van der Waals surface area contributed by atoms with Crippen LogP contribution in [-0.2, 0) is 13.1 Å². The molecule has 0 aromatic carbocycles. The van der Waals surface area contributed by atoms with Crippen molar-refractivity contribution in [3.63, 3.8) is 0 Å². The summed E-state index contributed by atoms with van der Waals surface area (Å²) in [7, 11) is 0. The minimum absolute atomic E-state index is 0.0114. The van der Waals surface area contributed by atoms with Gasteiger partial charge in [-0.3, -0.25) is 14.5 Å². The zero-order valence-electron chi connectivity index (χ0n) is 15.5. The van der Waals surface area contributed by atoms with Crippen molar-refractivity contribution < 1.29 is 4.79 Å². The average molecular weight is 364 g/mol.